The van der Waals surface area contributed by atoms with E-state index in [1.54, 1.807) is 23.3 Å². The first kappa shape index (κ1) is 19.6. The number of thiazole rings is 1. The molecule has 0 unspecified atom stereocenters. The third-order valence-electron chi connectivity index (χ3n) is 3.82. The van der Waals surface area contributed by atoms with E-state index in [1.165, 1.54) is 28.3 Å². The fraction of sp³-hybridized carbons (Fsp3) is 0.111. The lowest BCUT2D eigenvalue weighted by atomic mass is 10.3. The van der Waals surface area contributed by atoms with E-state index in [1.807, 2.05) is 30.5 Å². The van der Waals surface area contributed by atoms with Crippen molar-refractivity contribution in [3.05, 3.63) is 58.6 Å². The van der Waals surface area contributed by atoms with E-state index in [0.717, 1.165) is 16.7 Å². The third kappa shape index (κ3) is 4.31. The highest BCUT2D eigenvalue weighted by Gasteiger charge is 2.16. The molecule has 4 aromatic rings. The highest BCUT2D eigenvalue weighted by atomic mass is 32.2. The molecule has 3 heterocycles. The van der Waals surface area contributed by atoms with Crippen LogP contribution in [0, 0.1) is 0 Å². The quantitative estimate of drug-likeness (QED) is 0.359. The normalized spacial score (nSPS) is 10.9. The Hall–Kier alpha value is -2.76. The van der Waals surface area contributed by atoms with E-state index < -0.39 is 0 Å². The van der Waals surface area contributed by atoms with Gasteiger partial charge in [0.25, 0.3) is 5.56 Å². The van der Waals surface area contributed by atoms with Crippen LogP contribution in [0.3, 0.4) is 0 Å². The zero-order chi connectivity index (χ0) is 20.2. The molecular weight excluding hydrogens is 428 g/mol. The van der Waals surface area contributed by atoms with Gasteiger partial charge in [-0.25, -0.2) is 19.9 Å². The molecule has 0 bridgehead atoms. The van der Waals surface area contributed by atoms with E-state index >= 15 is 0 Å². The predicted octanol–water partition coefficient (Wildman–Crippen LogP) is 3.08. The SMILES string of the molecule is CSc1ccc(-n2c(SCC(=O)Nc3nccs3)nc3nccnc3c2=O)cc1. The molecule has 0 radical (unpaired) electrons. The van der Waals surface area contributed by atoms with Gasteiger partial charge in [-0.05, 0) is 30.5 Å². The van der Waals surface area contributed by atoms with E-state index in [4.69, 9.17) is 0 Å². The molecular formula is C18H14N6O2S3. The Morgan fingerprint density at radius 3 is 2.66 bits per heavy atom. The number of fused-ring (bicyclic) bond motifs is 1. The van der Waals surface area contributed by atoms with Crippen LogP contribution in [0.2, 0.25) is 0 Å². The fourth-order valence-corrected chi connectivity index (χ4v) is 4.28. The first-order valence-corrected chi connectivity index (χ1v) is 11.4. The third-order valence-corrected chi connectivity index (χ3v) is 6.19. The number of hydrogen-bond acceptors (Lipinski definition) is 9. The molecule has 4 rings (SSSR count). The van der Waals surface area contributed by atoms with Gasteiger partial charge in [-0.3, -0.25) is 14.2 Å². The molecule has 146 valence electrons. The maximum absolute atomic E-state index is 13.1. The first-order chi connectivity index (χ1) is 14.2. The largest absolute Gasteiger partial charge is 0.301 e. The van der Waals surface area contributed by atoms with Gasteiger partial charge in [0, 0.05) is 28.9 Å². The number of rotatable bonds is 6. The Bertz CT molecular complexity index is 1210. The Labute approximate surface area is 177 Å². The summed E-state index contributed by atoms with van der Waals surface area (Å²) in [6, 6.07) is 7.54. The molecule has 1 N–H and O–H groups in total. The van der Waals surface area contributed by atoms with Crippen molar-refractivity contribution < 1.29 is 4.79 Å². The minimum absolute atomic E-state index is 0.0701. The van der Waals surface area contributed by atoms with Crippen molar-refractivity contribution in [2.24, 2.45) is 0 Å². The number of hydrogen-bond donors (Lipinski definition) is 1. The van der Waals surface area contributed by atoms with Gasteiger partial charge in [-0.15, -0.1) is 23.1 Å². The van der Waals surface area contributed by atoms with Crippen LogP contribution in [0.1, 0.15) is 0 Å². The number of aromatic nitrogens is 5. The summed E-state index contributed by atoms with van der Waals surface area (Å²) in [6.45, 7) is 0. The van der Waals surface area contributed by atoms with Crippen molar-refractivity contribution in [2.45, 2.75) is 10.1 Å². The van der Waals surface area contributed by atoms with Crippen molar-refractivity contribution in [3.63, 3.8) is 0 Å². The minimum atomic E-state index is -0.331. The number of anilines is 1. The highest BCUT2D eigenvalue weighted by Crippen LogP contribution is 2.22. The number of carbonyl (C=O) groups excluding carboxylic acids is 1. The van der Waals surface area contributed by atoms with Crippen molar-refractivity contribution in [3.8, 4) is 5.69 Å². The second kappa shape index (κ2) is 8.72. The van der Waals surface area contributed by atoms with Crippen molar-refractivity contribution >= 4 is 57.1 Å². The summed E-state index contributed by atoms with van der Waals surface area (Å²) < 4.78 is 1.46. The summed E-state index contributed by atoms with van der Waals surface area (Å²) in [5, 5.41) is 5.40. The van der Waals surface area contributed by atoms with E-state index in [2.05, 4.69) is 25.3 Å². The van der Waals surface area contributed by atoms with Crippen molar-refractivity contribution in [1.82, 2.24) is 24.5 Å². The lowest BCUT2D eigenvalue weighted by molar-refractivity contribution is -0.113. The van der Waals surface area contributed by atoms with Gasteiger partial charge in [0.2, 0.25) is 5.91 Å². The maximum atomic E-state index is 13.1. The van der Waals surface area contributed by atoms with Crippen LogP contribution in [0.5, 0.6) is 0 Å². The lowest BCUT2D eigenvalue weighted by Gasteiger charge is -2.12. The first-order valence-electron chi connectivity index (χ1n) is 8.36. The summed E-state index contributed by atoms with van der Waals surface area (Å²) >= 11 is 4.10. The second-order valence-corrected chi connectivity index (χ2v) is 8.35. The molecule has 0 saturated carbocycles. The van der Waals surface area contributed by atoms with Gasteiger partial charge in [-0.2, -0.15) is 0 Å². The minimum Gasteiger partial charge on any atom is -0.301 e. The van der Waals surface area contributed by atoms with E-state index in [0.29, 0.717) is 16.0 Å². The van der Waals surface area contributed by atoms with Crippen LogP contribution in [-0.2, 0) is 4.79 Å². The molecule has 8 nitrogen and oxygen atoms in total. The average molecular weight is 443 g/mol. The molecule has 11 heteroatoms. The molecule has 0 aliphatic heterocycles. The molecule has 3 aromatic heterocycles. The van der Waals surface area contributed by atoms with Crippen LogP contribution in [-0.4, -0.2) is 42.4 Å². The molecule has 1 aromatic carbocycles. The van der Waals surface area contributed by atoms with Crippen LogP contribution in [0.15, 0.2) is 63.1 Å². The van der Waals surface area contributed by atoms with Gasteiger partial charge in [0.15, 0.2) is 21.5 Å². The zero-order valence-corrected chi connectivity index (χ0v) is 17.6. The average Bonchev–Trinajstić information content (AvgIpc) is 3.25. The number of benzene rings is 1. The summed E-state index contributed by atoms with van der Waals surface area (Å²) in [5.74, 6) is -0.163. The molecule has 0 aliphatic rings. The number of thioether (sulfide) groups is 2. The summed E-state index contributed by atoms with van der Waals surface area (Å²) in [4.78, 5) is 43.2. The molecule has 0 saturated heterocycles. The van der Waals surface area contributed by atoms with Crippen LogP contribution in [0.4, 0.5) is 5.13 Å². The number of nitrogens with zero attached hydrogens (tertiary/aromatic N) is 5. The molecule has 0 fully saturated rings. The van der Waals surface area contributed by atoms with Gasteiger partial charge < -0.3 is 5.32 Å². The summed E-state index contributed by atoms with van der Waals surface area (Å²) in [5.41, 5.74) is 0.744. The number of nitrogens with one attached hydrogen (secondary N) is 1. The topological polar surface area (TPSA) is 103 Å². The lowest BCUT2D eigenvalue weighted by Crippen LogP contribution is -2.24. The zero-order valence-electron chi connectivity index (χ0n) is 15.1. The standard InChI is InChI=1S/C18H14N6O2S3/c1-27-12-4-2-11(3-5-12)24-16(26)14-15(20-7-6-19-14)23-18(24)29-10-13(25)22-17-21-8-9-28-17/h2-9H,10H2,1H3,(H,21,22,25). The van der Waals surface area contributed by atoms with Crippen LogP contribution in [0.25, 0.3) is 16.9 Å². The second-order valence-electron chi connectivity index (χ2n) is 5.64. The maximum Gasteiger partial charge on any atom is 0.286 e. The van der Waals surface area contributed by atoms with Gasteiger partial charge in [0.05, 0.1) is 11.4 Å². The Kier molecular flexibility index (Phi) is 5.88. The molecule has 0 atom stereocenters. The summed E-state index contributed by atoms with van der Waals surface area (Å²) in [6.07, 6.45) is 6.54. The van der Waals surface area contributed by atoms with Crippen LogP contribution < -0.4 is 10.9 Å². The van der Waals surface area contributed by atoms with E-state index in [9.17, 15) is 9.59 Å². The monoisotopic (exact) mass is 442 g/mol. The number of amides is 1. The summed E-state index contributed by atoms with van der Waals surface area (Å²) in [7, 11) is 0. The number of carbonyl (C=O) groups is 1. The van der Waals surface area contributed by atoms with Gasteiger partial charge in [0.1, 0.15) is 0 Å². The van der Waals surface area contributed by atoms with Crippen molar-refractivity contribution in [2.75, 3.05) is 17.3 Å². The predicted molar refractivity (Wildman–Crippen MR) is 116 cm³/mol. The molecule has 29 heavy (non-hydrogen) atoms. The fourth-order valence-electron chi connectivity index (χ4n) is 2.52. The van der Waals surface area contributed by atoms with Crippen molar-refractivity contribution in [1.29, 1.82) is 0 Å². The molecule has 0 aliphatic carbocycles. The smallest absolute Gasteiger partial charge is 0.286 e. The Morgan fingerprint density at radius 1 is 1.14 bits per heavy atom. The van der Waals surface area contributed by atoms with Gasteiger partial charge >= 0.3 is 0 Å². The molecule has 0 spiro atoms. The highest BCUT2D eigenvalue weighted by molar-refractivity contribution is 7.99. The molecule has 1 amide bonds. The Balaban J connectivity index is 1.70. The van der Waals surface area contributed by atoms with Gasteiger partial charge in [-0.1, -0.05) is 11.8 Å². The Morgan fingerprint density at radius 2 is 1.93 bits per heavy atom. The van der Waals surface area contributed by atoms with E-state index in [-0.39, 0.29) is 28.4 Å². The van der Waals surface area contributed by atoms with Crippen LogP contribution >= 0.6 is 34.9 Å².